The Labute approximate surface area is 134 Å². The number of rotatable bonds is 4. The first-order valence-electron chi connectivity index (χ1n) is 7.26. The first-order valence-corrected chi connectivity index (χ1v) is 7.26. The van der Waals surface area contributed by atoms with Crippen molar-refractivity contribution >= 4 is 23.2 Å². The molecule has 0 aromatic heterocycles. The van der Waals surface area contributed by atoms with Gasteiger partial charge in [-0.05, 0) is 36.2 Å². The zero-order chi connectivity index (χ0) is 17.0. The summed E-state index contributed by atoms with van der Waals surface area (Å²) in [4.78, 5) is 25.1. The van der Waals surface area contributed by atoms with Crippen molar-refractivity contribution in [3.63, 3.8) is 0 Å². The van der Waals surface area contributed by atoms with Gasteiger partial charge in [0.25, 0.3) is 0 Å². The molecule has 0 aliphatic carbocycles. The van der Waals surface area contributed by atoms with Crippen LogP contribution in [0.25, 0.3) is 0 Å². The molecular formula is C18H19FN2O2. The van der Waals surface area contributed by atoms with Crippen LogP contribution in [0.4, 0.5) is 15.8 Å². The molecule has 0 spiro atoms. The summed E-state index contributed by atoms with van der Waals surface area (Å²) in [5, 5.41) is 2.69. The summed E-state index contributed by atoms with van der Waals surface area (Å²) in [5.41, 5.74) is 2.66. The van der Waals surface area contributed by atoms with Gasteiger partial charge in [-0.3, -0.25) is 9.59 Å². The molecule has 0 saturated heterocycles. The first-order chi connectivity index (χ1) is 10.9. The fourth-order valence-electron chi connectivity index (χ4n) is 2.25. The number of halogens is 1. The van der Waals surface area contributed by atoms with Crippen LogP contribution in [0.15, 0.2) is 42.5 Å². The molecule has 0 aliphatic rings. The number of nitrogens with zero attached hydrogens (tertiary/aromatic N) is 1. The number of hydrogen-bond acceptors (Lipinski definition) is 2. The fourth-order valence-corrected chi connectivity index (χ4v) is 2.25. The van der Waals surface area contributed by atoms with Crippen LogP contribution in [0, 0.1) is 12.7 Å². The minimum absolute atomic E-state index is 0.187. The van der Waals surface area contributed by atoms with E-state index in [1.807, 2.05) is 31.2 Å². The standard InChI is InChI=1S/C18H19FN2O2/c1-12-6-4-5-7-14(12)10-18(23)20-16-11-15(19)8-9-17(16)21(3)13(2)22/h4-9,11H,10H2,1-3H3,(H,20,23). The number of aryl methyl sites for hydroxylation is 1. The van der Waals surface area contributed by atoms with Crippen LogP contribution in [0.5, 0.6) is 0 Å². The lowest BCUT2D eigenvalue weighted by Crippen LogP contribution is -2.25. The summed E-state index contributed by atoms with van der Waals surface area (Å²) in [5.74, 6) is -0.939. The Morgan fingerprint density at radius 1 is 1.17 bits per heavy atom. The molecule has 2 amide bonds. The second-order valence-corrected chi connectivity index (χ2v) is 5.39. The molecule has 120 valence electrons. The largest absolute Gasteiger partial charge is 0.324 e. The van der Waals surface area contributed by atoms with Crippen LogP contribution in [0.3, 0.4) is 0 Å². The minimum Gasteiger partial charge on any atom is -0.324 e. The van der Waals surface area contributed by atoms with E-state index >= 15 is 0 Å². The maximum atomic E-state index is 13.5. The predicted molar refractivity (Wildman–Crippen MR) is 89.0 cm³/mol. The molecule has 1 N–H and O–H groups in total. The molecule has 0 heterocycles. The van der Waals surface area contributed by atoms with E-state index in [2.05, 4.69) is 5.32 Å². The predicted octanol–water partition coefficient (Wildman–Crippen LogP) is 3.30. The third-order valence-electron chi connectivity index (χ3n) is 3.68. The lowest BCUT2D eigenvalue weighted by molar-refractivity contribution is -0.117. The van der Waals surface area contributed by atoms with E-state index in [0.29, 0.717) is 5.69 Å². The molecule has 4 nitrogen and oxygen atoms in total. The molecule has 2 rings (SSSR count). The third kappa shape index (κ3) is 4.16. The smallest absolute Gasteiger partial charge is 0.228 e. The number of benzene rings is 2. The zero-order valence-electron chi connectivity index (χ0n) is 13.4. The molecule has 5 heteroatoms. The number of anilines is 2. The number of carbonyl (C=O) groups excluding carboxylic acids is 2. The highest BCUT2D eigenvalue weighted by Gasteiger charge is 2.14. The average molecular weight is 314 g/mol. The Hall–Kier alpha value is -2.69. The van der Waals surface area contributed by atoms with E-state index in [0.717, 1.165) is 11.1 Å². The summed E-state index contributed by atoms with van der Waals surface area (Å²) in [6.07, 6.45) is 0.187. The van der Waals surface area contributed by atoms with Gasteiger partial charge in [0, 0.05) is 14.0 Å². The topological polar surface area (TPSA) is 49.4 Å². The van der Waals surface area contributed by atoms with Gasteiger partial charge >= 0.3 is 0 Å². The zero-order valence-corrected chi connectivity index (χ0v) is 13.4. The quantitative estimate of drug-likeness (QED) is 0.941. The van der Waals surface area contributed by atoms with Crippen molar-refractivity contribution < 1.29 is 14.0 Å². The van der Waals surface area contributed by atoms with Crippen molar-refractivity contribution in [2.45, 2.75) is 20.3 Å². The van der Waals surface area contributed by atoms with Gasteiger partial charge in [-0.15, -0.1) is 0 Å². The highest BCUT2D eigenvalue weighted by Crippen LogP contribution is 2.26. The molecule has 0 fully saturated rings. The maximum Gasteiger partial charge on any atom is 0.228 e. The lowest BCUT2D eigenvalue weighted by Gasteiger charge is -2.19. The normalized spacial score (nSPS) is 10.3. The number of hydrogen-bond donors (Lipinski definition) is 1. The van der Waals surface area contributed by atoms with Crippen LogP contribution in [-0.4, -0.2) is 18.9 Å². The van der Waals surface area contributed by atoms with Crippen molar-refractivity contribution in [2.24, 2.45) is 0 Å². The van der Waals surface area contributed by atoms with Gasteiger partial charge in [0.15, 0.2) is 0 Å². The van der Waals surface area contributed by atoms with Crippen molar-refractivity contribution in [3.8, 4) is 0 Å². The Kier molecular flexibility index (Phi) is 5.11. The van der Waals surface area contributed by atoms with E-state index in [4.69, 9.17) is 0 Å². The van der Waals surface area contributed by atoms with Gasteiger partial charge in [0.2, 0.25) is 11.8 Å². The van der Waals surface area contributed by atoms with E-state index in [9.17, 15) is 14.0 Å². The first kappa shape index (κ1) is 16.7. The Balaban J connectivity index is 2.22. The second kappa shape index (κ2) is 7.05. The minimum atomic E-state index is -0.475. The van der Waals surface area contributed by atoms with Gasteiger partial charge in [-0.25, -0.2) is 4.39 Å². The highest BCUT2D eigenvalue weighted by molar-refractivity contribution is 6.00. The summed E-state index contributed by atoms with van der Waals surface area (Å²) >= 11 is 0. The molecular weight excluding hydrogens is 295 g/mol. The highest BCUT2D eigenvalue weighted by atomic mass is 19.1. The van der Waals surface area contributed by atoms with Crippen LogP contribution < -0.4 is 10.2 Å². The van der Waals surface area contributed by atoms with E-state index < -0.39 is 5.82 Å². The molecule has 0 bridgehead atoms. The monoisotopic (exact) mass is 314 g/mol. The molecule has 2 aromatic rings. The summed E-state index contributed by atoms with van der Waals surface area (Å²) in [7, 11) is 1.58. The van der Waals surface area contributed by atoms with Crippen molar-refractivity contribution in [1.29, 1.82) is 0 Å². The van der Waals surface area contributed by atoms with Crippen LogP contribution >= 0.6 is 0 Å². The van der Waals surface area contributed by atoms with Gasteiger partial charge in [-0.2, -0.15) is 0 Å². The average Bonchev–Trinajstić information content (AvgIpc) is 2.49. The van der Waals surface area contributed by atoms with Gasteiger partial charge in [0.1, 0.15) is 5.82 Å². The number of carbonyl (C=O) groups is 2. The molecule has 0 aliphatic heterocycles. The number of nitrogens with one attached hydrogen (secondary N) is 1. The van der Waals surface area contributed by atoms with Gasteiger partial charge in [0.05, 0.1) is 17.8 Å². The van der Waals surface area contributed by atoms with Crippen LogP contribution in [0.1, 0.15) is 18.1 Å². The van der Waals surface area contributed by atoms with Crippen LogP contribution in [-0.2, 0) is 16.0 Å². The summed E-state index contributed by atoms with van der Waals surface area (Å²) in [6.45, 7) is 3.34. The Morgan fingerprint density at radius 2 is 1.87 bits per heavy atom. The Morgan fingerprint density at radius 3 is 2.52 bits per heavy atom. The third-order valence-corrected chi connectivity index (χ3v) is 3.68. The van der Waals surface area contributed by atoms with E-state index in [1.165, 1.54) is 30.0 Å². The maximum absolute atomic E-state index is 13.5. The molecule has 0 radical (unpaired) electrons. The van der Waals surface area contributed by atoms with Gasteiger partial charge < -0.3 is 10.2 Å². The second-order valence-electron chi connectivity index (χ2n) is 5.39. The van der Waals surface area contributed by atoms with E-state index in [1.54, 1.807) is 7.05 Å². The Bertz CT molecular complexity index is 744. The SMILES string of the molecule is CC(=O)N(C)c1ccc(F)cc1NC(=O)Cc1ccccc1C. The van der Waals surface area contributed by atoms with Crippen molar-refractivity contribution in [2.75, 3.05) is 17.3 Å². The number of amides is 2. The van der Waals surface area contributed by atoms with Crippen LogP contribution in [0.2, 0.25) is 0 Å². The van der Waals surface area contributed by atoms with E-state index in [-0.39, 0.29) is 23.9 Å². The molecule has 0 atom stereocenters. The molecule has 0 saturated carbocycles. The molecule has 23 heavy (non-hydrogen) atoms. The lowest BCUT2D eigenvalue weighted by atomic mass is 10.1. The molecule has 2 aromatic carbocycles. The summed E-state index contributed by atoms with van der Waals surface area (Å²) < 4.78 is 13.5. The van der Waals surface area contributed by atoms with Crippen molar-refractivity contribution in [1.82, 2.24) is 0 Å². The van der Waals surface area contributed by atoms with Crippen molar-refractivity contribution in [3.05, 3.63) is 59.4 Å². The molecule has 0 unspecified atom stereocenters. The van der Waals surface area contributed by atoms with Gasteiger partial charge in [-0.1, -0.05) is 24.3 Å². The fraction of sp³-hybridized carbons (Fsp3) is 0.222. The summed E-state index contributed by atoms with van der Waals surface area (Å²) in [6, 6.07) is 11.5.